The highest BCUT2D eigenvalue weighted by atomic mass is 79.9. The van der Waals surface area contributed by atoms with E-state index in [4.69, 9.17) is 0 Å². The van der Waals surface area contributed by atoms with Crippen molar-refractivity contribution in [2.24, 2.45) is 5.92 Å². The number of carbonyl (C=O) groups is 1. The van der Waals surface area contributed by atoms with E-state index in [0.29, 0.717) is 17.7 Å². The quantitative estimate of drug-likeness (QED) is 0.911. The van der Waals surface area contributed by atoms with Gasteiger partial charge in [0.1, 0.15) is 5.69 Å². The Balaban J connectivity index is 1.94. The molecule has 1 aromatic heterocycles. The molecule has 1 amide bonds. The second-order valence-electron chi connectivity index (χ2n) is 4.80. The van der Waals surface area contributed by atoms with Gasteiger partial charge in [-0.2, -0.15) is 0 Å². The van der Waals surface area contributed by atoms with Crippen LogP contribution in [0.1, 0.15) is 43.1 Å². The molecule has 0 bridgehead atoms. The lowest BCUT2D eigenvalue weighted by Gasteiger charge is -2.27. The van der Waals surface area contributed by atoms with Crippen LogP contribution in [-0.4, -0.2) is 16.9 Å². The standard InChI is InChI=1S/C13H17BrN2O/c1-9-3-2-4-11(7-9)16-13(17)12-6-5-10(14)8-15-12/h5-6,8-9,11H,2-4,7H2,1H3,(H,16,17). The highest BCUT2D eigenvalue weighted by molar-refractivity contribution is 9.10. The highest BCUT2D eigenvalue weighted by Gasteiger charge is 2.21. The molecule has 2 rings (SSSR count). The number of pyridine rings is 1. The van der Waals surface area contributed by atoms with Gasteiger partial charge >= 0.3 is 0 Å². The number of carbonyl (C=O) groups excluding carboxylic acids is 1. The molecule has 17 heavy (non-hydrogen) atoms. The summed E-state index contributed by atoms with van der Waals surface area (Å²) in [6.07, 6.45) is 6.32. The number of aromatic nitrogens is 1. The van der Waals surface area contributed by atoms with Gasteiger partial charge in [-0.1, -0.05) is 19.8 Å². The molecule has 0 aliphatic heterocycles. The maximum Gasteiger partial charge on any atom is 0.270 e. The minimum absolute atomic E-state index is 0.0587. The zero-order valence-electron chi connectivity index (χ0n) is 9.95. The molecular weight excluding hydrogens is 280 g/mol. The van der Waals surface area contributed by atoms with Crippen molar-refractivity contribution in [1.29, 1.82) is 0 Å². The average Bonchev–Trinajstić information content (AvgIpc) is 2.29. The van der Waals surface area contributed by atoms with Crippen LogP contribution in [0.25, 0.3) is 0 Å². The molecular formula is C13H17BrN2O. The smallest absolute Gasteiger partial charge is 0.270 e. The largest absolute Gasteiger partial charge is 0.348 e. The summed E-state index contributed by atoms with van der Waals surface area (Å²) in [6, 6.07) is 3.90. The summed E-state index contributed by atoms with van der Waals surface area (Å²) in [7, 11) is 0. The Labute approximate surface area is 110 Å². The van der Waals surface area contributed by atoms with Crippen molar-refractivity contribution in [3.63, 3.8) is 0 Å². The van der Waals surface area contributed by atoms with Gasteiger partial charge in [0.15, 0.2) is 0 Å². The first-order valence-electron chi connectivity index (χ1n) is 6.07. The molecule has 0 aromatic carbocycles. The molecule has 1 aromatic rings. The van der Waals surface area contributed by atoms with Crippen molar-refractivity contribution in [2.75, 3.05) is 0 Å². The van der Waals surface area contributed by atoms with Crippen molar-refractivity contribution < 1.29 is 4.79 Å². The molecule has 2 atom stereocenters. The van der Waals surface area contributed by atoms with Crippen LogP contribution in [0.2, 0.25) is 0 Å². The van der Waals surface area contributed by atoms with E-state index < -0.39 is 0 Å². The van der Waals surface area contributed by atoms with Gasteiger partial charge in [-0.05, 0) is 46.8 Å². The summed E-state index contributed by atoms with van der Waals surface area (Å²) < 4.78 is 0.889. The lowest BCUT2D eigenvalue weighted by atomic mass is 9.87. The highest BCUT2D eigenvalue weighted by Crippen LogP contribution is 2.23. The summed E-state index contributed by atoms with van der Waals surface area (Å²) in [5.41, 5.74) is 0.492. The number of hydrogen-bond donors (Lipinski definition) is 1. The van der Waals surface area contributed by atoms with Gasteiger partial charge in [0, 0.05) is 16.7 Å². The van der Waals surface area contributed by atoms with E-state index in [9.17, 15) is 4.79 Å². The Morgan fingerprint density at radius 1 is 1.47 bits per heavy atom. The molecule has 0 radical (unpaired) electrons. The van der Waals surface area contributed by atoms with Gasteiger partial charge in [-0.25, -0.2) is 4.98 Å². The van der Waals surface area contributed by atoms with Crippen molar-refractivity contribution in [3.8, 4) is 0 Å². The second kappa shape index (κ2) is 5.63. The van der Waals surface area contributed by atoms with Crippen LogP contribution in [0.5, 0.6) is 0 Å². The topological polar surface area (TPSA) is 42.0 Å². The SMILES string of the molecule is CC1CCCC(NC(=O)c2ccc(Br)cn2)C1. The molecule has 1 aliphatic rings. The Morgan fingerprint density at radius 3 is 2.94 bits per heavy atom. The van der Waals surface area contributed by atoms with Crippen LogP contribution >= 0.6 is 15.9 Å². The fourth-order valence-corrected chi connectivity index (χ4v) is 2.57. The van der Waals surface area contributed by atoms with Crippen LogP contribution in [0.3, 0.4) is 0 Å². The number of nitrogens with zero attached hydrogens (tertiary/aromatic N) is 1. The Hall–Kier alpha value is -0.900. The van der Waals surface area contributed by atoms with Gasteiger partial charge < -0.3 is 5.32 Å². The number of rotatable bonds is 2. The molecule has 1 N–H and O–H groups in total. The molecule has 0 saturated heterocycles. The minimum atomic E-state index is -0.0587. The van der Waals surface area contributed by atoms with Crippen molar-refractivity contribution in [3.05, 3.63) is 28.5 Å². The fraction of sp³-hybridized carbons (Fsp3) is 0.538. The van der Waals surface area contributed by atoms with Gasteiger partial charge in [-0.15, -0.1) is 0 Å². The van der Waals surface area contributed by atoms with Crippen LogP contribution in [0, 0.1) is 5.92 Å². The first kappa shape index (κ1) is 12.6. The molecule has 0 spiro atoms. The van der Waals surface area contributed by atoms with Gasteiger partial charge in [0.05, 0.1) is 0 Å². The third-order valence-electron chi connectivity index (χ3n) is 3.23. The molecule has 3 nitrogen and oxygen atoms in total. The van der Waals surface area contributed by atoms with Gasteiger partial charge in [0.2, 0.25) is 0 Å². The van der Waals surface area contributed by atoms with E-state index in [1.807, 2.05) is 6.07 Å². The number of halogens is 1. The maximum atomic E-state index is 11.9. The third-order valence-corrected chi connectivity index (χ3v) is 3.70. The Morgan fingerprint density at radius 2 is 2.29 bits per heavy atom. The first-order chi connectivity index (χ1) is 8.15. The fourth-order valence-electron chi connectivity index (χ4n) is 2.33. The summed E-state index contributed by atoms with van der Waals surface area (Å²) >= 11 is 3.31. The lowest BCUT2D eigenvalue weighted by molar-refractivity contribution is 0.0916. The normalized spacial score (nSPS) is 24.4. The van der Waals surface area contributed by atoms with E-state index in [2.05, 4.69) is 33.2 Å². The van der Waals surface area contributed by atoms with E-state index in [1.54, 1.807) is 12.3 Å². The average molecular weight is 297 g/mol. The number of amides is 1. The molecule has 92 valence electrons. The maximum absolute atomic E-state index is 11.9. The van der Waals surface area contributed by atoms with Crippen molar-refractivity contribution in [1.82, 2.24) is 10.3 Å². The minimum Gasteiger partial charge on any atom is -0.348 e. The summed E-state index contributed by atoms with van der Waals surface area (Å²) in [6.45, 7) is 2.25. The van der Waals surface area contributed by atoms with Crippen LogP contribution in [0.4, 0.5) is 0 Å². The monoisotopic (exact) mass is 296 g/mol. The predicted octanol–water partition coefficient (Wildman–Crippen LogP) is 3.15. The molecule has 1 aliphatic carbocycles. The van der Waals surface area contributed by atoms with E-state index in [-0.39, 0.29) is 5.91 Å². The van der Waals surface area contributed by atoms with Crippen molar-refractivity contribution in [2.45, 2.75) is 38.6 Å². The van der Waals surface area contributed by atoms with Gasteiger partial charge in [-0.3, -0.25) is 4.79 Å². The first-order valence-corrected chi connectivity index (χ1v) is 6.87. The van der Waals surface area contributed by atoms with E-state index in [0.717, 1.165) is 17.3 Å². The second-order valence-corrected chi connectivity index (χ2v) is 5.72. The lowest BCUT2D eigenvalue weighted by Crippen LogP contribution is -2.38. The van der Waals surface area contributed by atoms with Crippen LogP contribution < -0.4 is 5.32 Å². The number of hydrogen-bond acceptors (Lipinski definition) is 2. The van der Waals surface area contributed by atoms with Gasteiger partial charge in [0.25, 0.3) is 5.91 Å². The zero-order chi connectivity index (χ0) is 12.3. The Kier molecular flexibility index (Phi) is 4.15. The Bertz CT molecular complexity index is 391. The molecule has 1 fully saturated rings. The summed E-state index contributed by atoms with van der Waals surface area (Å²) in [4.78, 5) is 16.0. The summed E-state index contributed by atoms with van der Waals surface area (Å²) in [5, 5.41) is 3.07. The molecule has 2 unspecified atom stereocenters. The molecule has 4 heteroatoms. The number of nitrogens with one attached hydrogen (secondary N) is 1. The molecule has 1 heterocycles. The van der Waals surface area contributed by atoms with Crippen LogP contribution in [0.15, 0.2) is 22.8 Å². The van der Waals surface area contributed by atoms with Crippen molar-refractivity contribution >= 4 is 21.8 Å². The van der Waals surface area contributed by atoms with E-state index >= 15 is 0 Å². The molecule has 1 saturated carbocycles. The van der Waals surface area contributed by atoms with E-state index in [1.165, 1.54) is 12.8 Å². The summed E-state index contributed by atoms with van der Waals surface area (Å²) in [5.74, 6) is 0.656. The van der Waals surface area contributed by atoms with Crippen LogP contribution in [-0.2, 0) is 0 Å². The zero-order valence-corrected chi connectivity index (χ0v) is 11.5. The predicted molar refractivity (Wildman–Crippen MR) is 70.8 cm³/mol. The third kappa shape index (κ3) is 3.53.